The number of carbonyl (C=O) groups is 2. The number of hydrogen-bond donors (Lipinski definition) is 1. The predicted molar refractivity (Wildman–Crippen MR) is 83.0 cm³/mol. The van der Waals surface area contributed by atoms with Crippen molar-refractivity contribution in [2.45, 2.75) is 53.1 Å². The topological polar surface area (TPSA) is 72.8 Å². The molecule has 22 heavy (non-hydrogen) atoms. The highest BCUT2D eigenvalue weighted by atomic mass is 16.6. The van der Waals surface area contributed by atoms with Gasteiger partial charge in [0.2, 0.25) is 0 Å². The lowest BCUT2D eigenvalue weighted by molar-refractivity contribution is -0.167. The standard InChI is InChI=1S/C17H28O5/c1-6-13-8-17(9-18,22-16(13)20)10-21-15(19)7-14(11(2)3)12(4)5/h6,11-12,14,18H,7-10H2,1-5H3/b13-6-. The zero-order chi connectivity index (χ0) is 16.9. The summed E-state index contributed by atoms with van der Waals surface area (Å²) < 4.78 is 10.5. The number of aliphatic hydroxyl groups is 1. The summed E-state index contributed by atoms with van der Waals surface area (Å²) in [4.78, 5) is 23.7. The van der Waals surface area contributed by atoms with Gasteiger partial charge in [0.05, 0.1) is 6.61 Å². The highest BCUT2D eigenvalue weighted by molar-refractivity contribution is 5.91. The number of hydrogen-bond acceptors (Lipinski definition) is 5. The molecule has 0 bridgehead atoms. The smallest absolute Gasteiger partial charge is 0.334 e. The Hall–Kier alpha value is -1.36. The molecule has 0 aromatic carbocycles. The van der Waals surface area contributed by atoms with Gasteiger partial charge in [0.25, 0.3) is 0 Å². The van der Waals surface area contributed by atoms with Crippen LogP contribution in [-0.4, -0.2) is 35.9 Å². The van der Waals surface area contributed by atoms with E-state index >= 15 is 0 Å². The molecule has 0 amide bonds. The summed E-state index contributed by atoms with van der Waals surface area (Å²) in [5.74, 6) is 0.256. The van der Waals surface area contributed by atoms with E-state index in [1.165, 1.54) is 0 Å². The maximum atomic E-state index is 12.1. The normalized spacial score (nSPS) is 23.7. The Morgan fingerprint density at radius 1 is 1.36 bits per heavy atom. The van der Waals surface area contributed by atoms with Crippen LogP contribution in [0.3, 0.4) is 0 Å². The van der Waals surface area contributed by atoms with Crippen LogP contribution in [0.15, 0.2) is 11.6 Å². The second-order valence-electron chi connectivity index (χ2n) is 6.74. The first-order valence-corrected chi connectivity index (χ1v) is 7.89. The third kappa shape index (κ3) is 4.57. The summed E-state index contributed by atoms with van der Waals surface area (Å²) in [6.07, 6.45) is 2.26. The molecule has 1 fully saturated rings. The van der Waals surface area contributed by atoms with E-state index in [-0.39, 0.29) is 31.5 Å². The molecule has 1 heterocycles. The number of aliphatic hydroxyl groups excluding tert-OH is 1. The van der Waals surface area contributed by atoms with Crippen LogP contribution in [0, 0.1) is 17.8 Å². The molecule has 5 nitrogen and oxygen atoms in total. The van der Waals surface area contributed by atoms with Crippen molar-refractivity contribution in [1.82, 2.24) is 0 Å². The van der Waals surface area contributed by atoms with Crippen molar-refractivity contribution in [3.63, 3.8) is 0 Å². The Labute approximate surface area is 132 Å². The lowest BCUT2D eigenvalue weighted by atomic mass is 9.83. The number of esters is 2. The molecule has 0 radical (unpaired) electrons. The first-order chi connectivity index (χ1) is 10.2. The van der Waals surface area contributed by atoms with Gasteiger partial charge in [-0.05, 0) is 24.7 Å². The van der Waals surface area contributed by atoms with E-state index in [2.05, 4.69) is 27.7 Å². The van der Waals surface area contributed by atoms with Crippen molar-refractivity contribution in [3.8, 4) is 0 Å². The summed E-state index contributed by atoms with van der Waals surface area (Å²) >= 11 is 0. The fraction of sp³-hybridized carbons (Fsp3) is 0.765. The van der Waals surface area contributed by atoms with E-state index in [4.69, 9.17) is 9.47 Å². The quantitative estimate of drug-likeness (QED) is 0.577. The van der Waals surface area contributed by atoms with Gasteiger partial charge in [0.15, 0.2) is 5.60 Å². The molecule has 0 aromatic heterocycles. The molecule has 0 spiro atoms. The van der Waals surface area contributed by atoms with Gasteiger partial charge in [-0.15, -0.1) is 0 Å². The highest BCUT2D eigenvalue weighted by Gasteiger charge is 2.44. The van der Waals surface area contributed by atoms with Crippen LogP contribution < -0.4 is 0 Å². The van der Waals surface area contributed by atoms with E-state index < -0.39 is 11.6 Å². The monoisotopic (exact) mass is 312 g/mol. The summed E-state index contributed by atoms with van der Waals surface area (Å²) in [6, 6.07) is 0. The molecular weight excluding hydrogens is 284 g/mol. The number of ether oxygens (including phenoxy) is 2. The van der Waals surface area contributed by atoms with Crippen LogP contribution >= 0.6 is 0 Å². The molecule has 1 aliphatic heterocycles. The van der Waals surface area contributed by atoms with Gasteiger partial charge in [0.1, 0.15) is 6.61 Å². The minimum atomic E-state index is -1.13. The lowest BCUT2D eigenvalue weighted by Gasteiger charge is -2.26. The van der Waals surface area contributed by atoms with Gasteiger partial charge in [0, 0.05) is 18.4 Å². The first kappa shape index (κ1) is 18.7. The zero-order valence-electron chi connectivity index (χ0n) is 14.2. The van der Waals surface area contributed by atoms with Crippen molar-refractivity contribution in [1.29, 1.82) is 0 Å². The predicted octanol–water partition coefficient (Wildman–Crippen LogP) is 2.47. The Bertz CT molecular complexity index is 430. The van der Waals surface area contributed by atoms with Gasteiger partial charge < -0.3 is 14.6 Å². The average Bonchev–Trinajstić information content (AvgIpc) is 2.79. The third-order valence-electron chi connectivity index (χ3n) is 4.33. The van der Waals surface area contributed by atoms with Gasteiger partial charge in [-0.2, -0.15) is 0 Å². The lowest BCUT2D eigenvalue weighted by Crippen LogP contribution is -2.39. The molecule has 1 N–H and O–H groups in total. The van der Waals surface area contributed by atoms with Crippen molar-refractivity contribution in [2.75, 3.05) is 13.2 Å². The molecule has 1 rings (SSSR count). The summed E-state index contributed by atoms with van der Waals surface area (Å²) in [5.41, 5.74) is -0.618. The molecule has 1 saturated heterocycles. The van der Waals surface area contributed by atoms with Gasteiger partial charge in [-0.3, -0.25) is 4.79 Å². The van der Waals surface area contributed by atoms with Crippen LogP contribution in [0.2, 0.25) is 0 Å². The molecule has 0 aromatic rings. The molecule has 1 atom stereocenters. The number of cyclic esters (lactones) is 1. The van der Waals surface area contributed by atoms with Crippen LogP contribution in [0.1, 0.15) is 47.5 Å². The summed E-state index contributed by atoms with van der Waals surface area (Å²) in [6.45, 7) is 9.63. The van der Waals surface area contributed by atoms with Crippen LogP contribution in [-0.2, 0) is 19.1 Å². The van der Waals surface area contributed by atoms with E-state index in [1.54, 1.807) is 13.0 Å². The van der Waals surface area contributed by atoms with E-state index in [0.717, 1.165) is 0 Å². The SMILES string of the molecule is C/C=C1/CC(CO)(COC(=O)CC(C(C)C)C(C)C)OC1=O. The summed E-state index contributed by atoms with van der Waals surface area (Å²) in [5, 5.41) is 9.52. The minimum absolute atomic E-state index is 0.103. The van der Waals surface area contributed by atoms with Crippen molar-refractivity contribution < 1.29 is 24.2 Å². The second-order valence-corrected chi connectivity index (χ2v) is 6.74. The Morgan fingerprint density at radius 2 is 1.95 bits per heavy atom. The molecular formula is C17H28O5. The van der Waals surface area contributed by atoms with Crippen molar-refractivity contribution in [2.24, 2.45) is 17.8 Å². The van der Waals surface area contributed by atoms with E-state index in [1.807, 2.05) is 0 Å². The number of allylic oxidation sites excluding steroid dienone is 1. The Morgan fingerprint density at radius 3 is 2.36 bits per heavy atom. The Kier molecular flexibility index (Phi) is 6.60. The molecule has 1 aliphatic rings. The minimum Gasteiger partial charge on any atom is -0.461 e. The van der Waals surface area contributed by atoms with Gasteiger partial charge in [-0.25, -0.2) is 4.79 Å². The largest absolute Gasteiger partial charge is 0.461 e. The third-order valence-corrected chi connectivity index (χ3v) is 4.33. The van der Waals surface area contributed by atoms with Crippen LogP contribution in [0.25, 0.3) is 0 Å². The van der Waals surface area contributed by atoms with Gasteiger partial charge >= 0.3 is 11.9 Å². The first-order valence-electron chi connectivity index (χ1n) is 7.89. The molecule has 126 valence electrons. The van der Waals surface area contributed by atoms with Crippen LogP contribution in [0.5, 0.6) is 0 Å². The molecule has 0 saturated carbocycles. The zero-order valence-corrected chi connectivity index (χ0v) is 14.2. The molecule has 0 aliphatic carbocycles. The number of rotatable bonds is 7. The van der Waals surface area contributed by atoms with Crippen molar-refractivity contribution >= 4 is 11.9 Å². The van der Waals surface area contributed by atoms with Crippen molar-refractivity contribution in [3.05, 3.63) is 11.6 Å². The summed E-state index contributed by atoms with van der Waals surface area (Å²) in [7, 11) is 0. The second kappa shape index (κ2) is 7.77. The highest BCUT2D eigenvalue weighted by Crippen LogP contribution is 2.31. The maximum Gasteiger partial charge on any atom is 0.334 e. The van der Waals surface area contributed by atoms with Gasteiger partial charge in [-0.1, -0.05) is 33.8 Å². The number of carbonyl (C=O) groups excluding carboxylic acids is 2. The average molecular weight is 312 g/mol. The fourth-order valence-corrected chi connectivity index (χ4v) is 2.86. The van der Waals surface area contributed by atoms with E-state index in [9.17, 15) is 14.7 Å². The fourth-order valence-electron chi connectivity index (χ4n) is 2.86. The molecule has 5 heteroatoms. The van der Waals surface area contributed by atoms with E-state index in [0.29, 0.717) is 23.8 Å². The maximum absolute atomic E-state index is 12.1. The molecule has 1 unspecified atom stereocenters. The van der Waals surface area contributed by atoms with Crippen LogP contribution in [0.4, 0.5) is 0 Å². The Balaban J connectivity index is 2.61.